The van der Waals surface area contributed by atoms with Crippen LogP contribution in [0.4, 0.5) is 0 Å². The molecule has 4 aromatic heterocycles. The van der Waals surface area contributed by atoms with Gasteiger partial charge in [0.1, 0.15) is 6.33 Å². The summed E-state index contributed by atoms with van der Waals surface area (Å²) in [4.78, 5) is 16.5. The second-order valence-corrected chi connectivity index (χ2v) is 3.75. The quantitative estimate of drug-likeness (QED) is 0.456. The Hall–Kier alpha value is -2.56. The zero-order valence-corrected chi connectivity index (χ0v) is 8.66. The lowest BCUT2D eigenvalue weighted by atomic mass is 10.2. The minimum atomic E-state index is 0.583. The molecule has 0 atom stereocenters. The Balaban J connectivity index is 2.28. The fraction of sp³-hybridized carbons (Fsp3) is 0. The second kappa shape index (κ2) is 2.98. The third kappa shape index (κ3) is 1.13. The molecule has 0 fully saturated rings. The normalized spacial score (nSPS) is 11.5. The molecule has 5 heteroatoms. The van der Waals surface area contributed by atoms with E-state index in [2.05, 4.69) is 19.9 Å². The summed E-state index contributed by atoms with van der Waals surface area (Å²) < 4.78 is 5.63. The highest BCUT2D eigenvalue weighted by Gasteiger charge is 2.09. The topological polar surface area (TPSA) is 64.7 Å². The van der Waals surface area contributed by atoms with Crippen LogP contribution >= 0.6 is 0 Å². The molecule has 0 saturated heterocycles. The molecule has 0 N–H and O–H groups in total. The van der Waals surface area contributed by atoms with Crippen molar-refractivity contribution in [2.24, 2.45) is 0 Å². The molecule has 0 bridgehead atoms. The van der Waals surface area contributed by atoms with Gasteiger partial charge in [-0.3, -0.25) is 4.98 Å². The van der Waals surface area contributed by atoms with Gasteiger partial charge in [-0.1, -0.05) is 0 Å². The molecule has 0 aliphatic carbocycles. The Kier molecular flexibility index (Phi) is 1.50. The fourth-order valence-corrected chi connectivity index (χ4v) is 1.96. The summed E-state index contributed by atoms with van der Waals surface area (Å²) in [6.45, 7) is 0. The highest BCUT2D eigenvalue weighted by molar-refractivity contribution is 6.06. The molecule has 4 heterocycles. The second-order valence-electron chi connectivity index (χ2n) is 3.75. The number of furan rings is 1. The standard InChI is InChI=1S/C12H6N4O/c1-2-13-5-10-8(1)9-3-7-4-14-6-15-11(7)16-12(9)17-10/h1-6H. The molecule has 0 unspecified atom stereocenters. The van der Waals surface area contributed by atoms with Crippen LogP contribution in [0.2, 0.25) is 0 Å². The van der Waals surface area contributed by atoms with E-state index in [4.69, 9.17) is 4.42 Å². The summed E-state index contributed by atoms with van der Waals surface area (Å²) in [5.74, 6) is 0. The van der Waals surface area contributed by atoms with Crippen molar-refractivity contribution >= 4 is 33.1 Å². The van der Waals surface area contributed by atoms with Gasteiger partial charge >= 0.3 is 0 Å². The van der Waals surface area contributed by atoms with Crippen molar-refractivity contribution in [2.75, 3.05) is 0 Å². The lowest BCUT2D eigenvalue weighted by molar-refractivity contribution is 0.653. The van der Waals surface area contributed by atoms with Gasteiger partial charge in [-0.15, -0.1) is 0 Å². The van der Waals surface area contributed by atoms with Crippen LogP contribution in [0.25, 0.3) is 33.1 Å². The molecule has 5 nitrogen and oxygen atoms in total. The molecule has 0 aromatic carbocycles. The van der Waals surface area contributed by atoms with Crippen LogP contribution in [0.3, 0.4) is 0 Å². The molecule has 0 radical (unpaired) electrons. The van der Waals surface area contributed by atoms with Gasteiger partial charge in [0.25, 0.3) is 0 Å². The average molecular weight is 222 g/mol. The van der Waals surface area contributed by atoms with Gasteiger partial charge in [0.05, 0.1) is 6.20 Å². The molecule has 0 amide bonds. The van der Waals surface area contributed by atoms with E-state index in [9.17, 15) is 0 Å². The average Bonchev–Trinajstić information content (AvgIpc) is 2.73. The Bertz CT molecular complexity index is 847. The Morgan fingerprint density at radius 1 is 1.06 bits per heavy atom. The van der Waals surface area contributed by atoms with Crippen molar-refractivity contribution in [3.05, 3.63) is 37.1 Å². The molecule has 0 spiro atoms. The fourth-order valence-electron chi connectivity index (χ4n) is 1.96. The van der Waals surface area contributed by atoms with Crippen molar-refractivity contribution < 1.29 is 4.42 Å². The van der Waals surface area contributed by atoms with E-state index in [1.54, 1.807) is 18.6 Å². The van der Waals surface area contributed by atoms with Gasteiger partial charge in [0, 0.05) is 28.6 Å². The van der Waals surface area contributed by atoms with Gasteiger partial charge in [-0.25, -0.2) is 9.97 Å². The largest absolute Gasteiger partial charge is 0.436 e. The first-order valence-corrected chi connectivity index (χ1v) is 5.15. The van der Waals surface area contributed by atoms with Gasteiger partial charge in [-0.05, 0) is 12.1 Å². The molecular weight excluding hydrogens is 216 g/mol. The van der Waals surface area contributed by atoms with E-state index < -0.39 is 0 Å². The van der Waals surface area contributed by atoms with Crippen molar-refractivity contribution in [2.45, 2.75) is 0 Å². The lowest BCUT2D eigenvalue weighted by Gasteiger charge is -1.93. The summed E-state index contributed by atoms with van der Waals surface area (Å²) in [5.41, 5.74) is 1.96. The SMILES string of the molecule is c1cc2c(cn1)oc1nc3ncncc3cc12. The third-order valence-corrected chi connectivity index (χ3v) is 2.74. The molecule has 0 saturated carbocycles. The van der Waals surface area contributed by atoms with Crippen LogP contribution in [0.1, 0.15) is 0 Å². The first kappa shape index (κ1) is 8.58. The Morgan fingerprint density at radius 3 is 3.06 bits per heavy atom. The highest BCUT2D eigenvalue weighted by Crippen LogP contribution is 2.28. The third-order valence-electron chi connectivity index (χ3n) is 2.74. The van der Waals surface area contributed by atoms with Crippen molar-refractivity contribution in [1.82, 2.24) is 19.9 Å². The van der Waals surface area contributed by atoms with E-state index >= 15 is 0 Å². The van der Waals surface area contributed by atoms with Crippen LogP contribution in [-0.4, -0.2) is 19.9 Å². The predicted octanol–water partition coefficient (Wildman–Crippen LogP) is 2.32. The summed E-state index contributed by atoms with van der Waals surface area (Å²) in [7, 11) is 0. The van der Waals surface area contributed by atoms with Gasteiger partial charge in [0.15, 0.2) is 11.2 Å². The van der Waals surface area contributed by atoms with Crippen LogP contribution in [0.5, 0.6) is 0 Å². The molecule has 4 aromatic rings. The van der Waals surface area contributed by atoms with Gasteiger partial charge in [-0.2, -0.15) is 4.98 Å². The zero-order valence-electron chi connectivity index (χ0n) is 8.66. The van der Waals surface area contributed by atoms with E-state index in [0.717, 1.165) is 21.7 Å². The molecule has 4 rings (SSSR count). The predicted molar refractivity (Wildman–Crippen MR) is 62.4 cm³/mol. The van der Waals surface area contributed by atoms with Crippen LogP contribution < -0.4 is 0 Å². The minimum absolute atomic E-state index is 0.583. The number of hydrogen-bond donors (Lipinski definition) is 0. The maximum Gasteiger partial charge on any atom is 0.229 e. The zero-order chi connectivity index (χ0) is 11.2. The smallest absolute Gasteiger partial charge is 0.229 e. The van der Waals surface area contributed by atoms with Gasteiger partial charge in [0.2, 0.25) is 5.71 Å². The number of fused-ring (bicyclic) bond motifs is 4. The monoisotopic (exact) mass is 222 g/mol. The summed E-state index contributed by atoms with van der Waals surface area (Å²) in [5, 5.41) is 2.87. The Labute approximate surface area is 95.1 Å². The number of aromatic nitrogens is 4. The van der Waals surface area contributed by atoms with Crippen molar-refractivity contribution in [3.8, 4) is 0 Å². The van der Waals surface area contributed by atoms with Crippen molar-refractivity contribution in [3.63, 3.8) is 0 Å². The summed E-state index contributed by atoms with van der Waals surface area (Å²) in [6, 6.07) is 3.90. The van der Waals surface area contributed by atoms with E-state index in [0.29, 0.717) is 11.4 Å². The minimum Gasteiger partial charge on any atom is -0.436 e. The maximum absolute atomic E-state index is 5.63. The number of rotatable bonds is 0. The van der Waals surface area contributed by atoms with E-state index in [1.807, 2.05) is 12.1 Å². The van der Waals surface area contributed by atoms with Crippen LogP contribution in [0.15, 0.2) is 41.5 Å². The lowest BCUT2D eigenvalue weighted by Crippen LogP contribution is -1.84. The molecule has 17 heavy (non-hydrogen) atoms. The maximum atomic E-state index is 5.63. The van der Waals surface area contributed by atoms with Crippen LogP contribution in [0, 0.1) is 0 Å². The molecule has 0 aliphatic rings. The van der Waals surface area contributed by atoms with Crippen molar-refractivity contribution in [1.29, 1.82) is 0 Å². The Morgan fingerprint density at radius 2 is 2.06 bits per heavy atom. The molecular formula is C12H6N4O. The molecule has 80 valence electrons. The summed E-state index contributed by atoms with van der Waals surface area (Å²) >= 11 is 0. The first-order valence-electron chi connectivity index (χ1n) is 5.15. The number of hydrogen-bond acceptors (Lipinski definition) is 5. The van der Waals surface area contributed by atoms with Gasteiger partial charge < -0.3 is 4.42 Å². The van der Waals surface area contributed by atoms with E-state index in [1.165, 1.54) is 6.33 Å². The van der Waals surface area contributed by atoms with E-state index in [-0.39, 0.29) is 0 Å². The van der Waals surface area contributed by atoms with Crippen LogP contribution in [-0.2, 0) is 0 Å². The highest BCUT2D eigenvalue weighted by atomic mass is 16.3. The summed E-state index contributed by atoms with van der Waals surface area (Å²) in [6.07, 6.45) is 6.65. The molecule has 0 aliphatic heterocycles. The number of nitrogens with zero attached hydrogens (tertiary/aromatic N) is 4. The first-order chi connectivity index (χ1) is 8.42. The number of pyridine rings is 2.